The standard InChI is InChI=1S/C17H19F2NO4.K/c18-14-2-1-12(8-15(14)19)7-11-3-5-20(6-4-11)17(24)13(10-21)9-16(22)23;/h1-2,7-8,13,21H,3-6,9-10H2,(H,22,23);/q;+1/p-1. The minimum Gasteiger partial charge on any atom is -0.550 e. The number of aliphatic carboxylic acids is 1. The number of hydrogen-bond acceptors (Lipinski definition) is 4. The molecule has 25 heavy (non-hydrogen) atoms. The van der Waals surface area contributed by atoms with Gasteiger partial charge in [-0.25, -0.2) is 8.78 Å². The van der Waals surface area contributed by atoms with Gasteiger partial charge in [0.15, 0.2) is 11.6 Å². The van der Waals surface area contributed by atoms with E-state index in [4.69, 9.17) is 5.11 Å². The molecule has 1 saturated heterocycles. The van der Waals surface area contributed by atoms with Crippen LogP contribution in [0.15, 0.2) is 23.8 Å². The first-order valence-electron chi connectivity index (χ1n) is 7.64. The number of aliphatic hydroxyl groups is 1. The number of carboxylic acids is 1. The average Bonchev–Trinajstić information content (AvgIpc) is 2.56. The number of halogens is 2. The molecule has 0 aliphatic carbocycles. The SMILES string of the molecule is O=C([O-])CC(CO)C(=O)N1CCC(=Cc2ccc(F)c(F)c2)CC1.[K+]. The van der Waals surface area contributed by atoms with Crippen LogP contribution in [0.5, 0.6) is 0 Å². The average molecular weight is 377 g/mol. The summed E-state index contributed by atoms with van der Waals surface area (Å²) in [4.78, 5) is 24.3. The first-order chi connectivity index (χ1) is 11.4. The Bertz CT molecular complexity index is 656. The Morgan fingerprint density at radius 3 is 2.40 bits per heavy atom. The number of amides is 1. The van der Waals surface area contributed by atoms with Gasteiger partial charge >= 0.3 is 51.4 Å². The molecule has 1 amide bonds. The van der Waals surface area contributed by atoms with E-state index in [1.54, 1.807) is 6.08 Å². The van der Waals surface area contributed by atoms with Crippen molar-refractivity contribution in [3.8, 4) is 0 Å². The maximum Gasteiger partial charge on any atom is 1.00 e. The van der Waals surface area contributed by atoms with Gasteiger partial charge in [-0.15, -0.1) is 0 Å². The van der Waals surface area contributed by atoms with Crippen molar-refractivity contribution >= 4 is 18.0 Å². The number of piperidine rings is 1. The molecule has 2 rings (SSSR count). The smallest absolute Gasteiger partial charge is 0.550 e. The number of carbonyl (C=O) groups excluding carboxylic acids is 2. The number of carbonyl (C=O) groups is 2. The summed E-state index contributed by atoms with van der Waals surface area (Å²) < 4.78 is 26.1. The second-order valence-corrected chi connectivity index (χ2v) is 5.76. The van der Waals surface area contributed by atoms with E-state index in [2.05, 4.69) is 0 Å². The molecule has 0 bridgehead atoms. The summed E-state index contributed by atoms with van der Waals surface area (Å²) >= 11 is 0. The van der Waals surface area contributed by atoms with Crippen molar-refractivity contribution in [2.75, 3.05) is 19.7 Å². The van der Waals surface area contributed by atoms with Gasteiger partial charge < -0.3 is 19.9 Å². The number of rotatable bonds is 5. The predicted octanol–water partition coefficient (Wildman–Crippen LogP) is -2.28. The Labute approximate surface area is 187 Å². The van der Waals surface area contributed by atoms with Crippen LogP contribution in [0.25, 0.3) is 6.08 Å². The zero-order valence-electron chi connectivity index (χ0n) is 14.0. The van der Waals surface area contributed by atoms with Gasteiger partial charge in [0.1, 0.15) is 0 Å². The molecule has 1 aliphatic rings. The van der Waals surface area contributed by atoms with E-state index in [0.29, 0.717) is 31.5 Å². The summed E-state index contributed by atoms with van der Waals surface area (Å²) in [5, 5.41) is 19.8. The van der Waals surface area contributed by atoms with Gasteiger partial charge in [0.2, 0.25) is 5.91 Å². The molecule has 130 valence electrons. The minimum atomic E-state index is -1.38. The van der Waals surface area contributed by atoms with E-state index < -0.39 is 42.5 Å². The van der Waals surface area contributed by atoms with Crippen molar-refractivity contribution < 1.29 is 80.0 Å². The van der Waals surface area contributed by atoms with Crippen LogP contribution < -0.4 is 56.5 Å². The van der Waals surface area contributed by atoms with Crippen molar-refractivity contribution in [2.24, 2.45) is 5.92 Å². The number of benzene rings is 1. The Kier molecular flexibility index (Phi) is 9.40. The molecule has 1 aliphatic heterocycles. The van der Waals surface area contributed by atoms with Crippen LogP contribution in [0.3, 0.4) is 0 Å². The molecular formula is C17H18F2KNO4. The molecule has 1 unspecified atom stereocenters. The van der Waals surface area contributed by atoms with Crippen LogP contribution in [0.1, 0.15) is 24.8 Å². The van der Waals surface area contributed by atoms with E-state index in [0.717, 1.165) is 17.7 Å². The minimum absolute atomic E-state index is 0. The summed E-state index contributed by atoms with van der Waals surface area (Å²) in [7, 11) is 0. The summed E-state index contributed by atoms with van der Waals surface area (Å²) in [6.07, 6.45) is 2.35. The van der Waals surface area contributed by atoms with E-state index in [9.17, 15) is 23.5 Å². The molecule has 5 nitrogen and oxygen atoms in total. The van der Waals surface area contributed by atoms with Crippen LogP contribution in [-0.2, 0) is 9.59 Å². The van der Waals surface area contributed by atoms with Crippen LogP contribution >= 0.6 is 0 Å². The molecule has 1 N–H and O–H groups in total. The molecule has 1 aromatic carbocycles. The maximum atomic E-state index is 13.2. The number of hydrogen-bond donors (Lipinski definition) is 1. The summed E-state index contributed by atoms with van der Waals surface area (Å²) in [5.74, 6) is -4.59. The zero-order valence-corrected chi connectivity index (χ0v) is 17.1. The van der Waals surface area contributed by atoms with Gasteiger partial charge in [0.05, 0.1) is 12.5 Å². The normalized spacial score (nSPS) is 15.3. The van der Waals surface area contributed by atoms with Crippen LogP contribution in [0, 0.1) is 17.6 Å². The van der Waals surface area contributed by atoms with E-state index in [1.807, 2.05) is 0 Å². The summed E-state index contributed by atoms with van der Waals surface area (Å²) in [6, 6.07) is 3.65. The molecule has 8 heteroatoms. The molecule has 1 fully saturated rings. The van der Waals surface area contributed by atoms with Crippen molar-refractivity contribution in [1.82, 2.24) is 4.90 Å². The summed E-state index contributed by atoms with van der Waals surface area (Å²) in [5.41, 5.74) is 1.54. The van der Waals surface area contributed by atoms with Gasteiger partial charge in [-0.1, -0.05) is 17.7 Å². The fourth-order valence-corrected chi connectivity index (χ4v) is 2.69. The number of likely N-dealkylation sites (tertiary alicyclic amines) is 1. The molecular weight excluding hydrogens is 359 g/mol. The van der Waals surface area contributed by atoms with Crippen LogP contribution in [0.4, 0.5) is 8.78 Å². The Balaban J connectivity index is 0.00000312. The van der Waals surface area contributed by atoms with Crippen LogP contribution in [0.2, 0.25) is 0 Å². The van der Waals surface area contributed by atoms with Crippen molar-refractivity contribution in [1.29, 1.82) is 0 Å². The first-order valence-corrected chi connectivity index (χ1v) is 7.64. The third-order valence-electron chi connectivity index (χ3n) is 4.01. The van der Waals surface area contributed by atoms with Crippen LogP contribution in [-0.4, -0.2) is 41.6 Å². The molecule has 0 spiro atoms. The second-order valence-electron chi connectivity index (χ2n) is 5.76. The molecule has 0 saturated carbocycles. The van der Waals surface area contributed by atoms with E-state index >= 15 is 0 Å². The molecule has 1 atom stereocenters. The van der Waals surface area contributed by atoms with E-state index in [1.165, 1.54) is 11.0 Å². The topological polar surface area (TPSA) is 80.7 Å². The number of carboxylic acid groups (broad SMARTS) is 1. The molecule has 0 aromatic heterocycles. The largest absolute Gasteiger partial charge is 1.00 e. The molecule has 1 heterocycles. The third kappa shape index (κ3) is 6.54. The first kappa shape index (κ1) is 22.4. The second kappa shape index (κ2) is 10.5. The molecule has 0 radical (unpaired) electrons. The fraction of sp³-hybridized carbons (Fsp3) is 0.412. The Morgan fingerprint density at radius 2 is 1.88 bits per heavy atom. The third-order valence-corrected chi connectivity index (χ3v) is 4.01. The number of nitrogens with zero attached hydrogens (tertiary/aromatic N) is 1. The van der Waals surface area contributed by atoms with Gasteiger partial charge in [-0.05, 0) is 30.5 Å². The Hall–Kier alpha value is -0.644. The van der Waals surface area contributed by atoms with Crippen molar-refractivity contribution in [3.05, 3.63) is 41.0 Å². The van der Waals surface area contributed by atoms with Gasteiger partial charge in [-0.2, -0.15) is 0 Å². The van der Waals surface area contributed by atoms with Gasteiger partial charge in [-0.3, -0.25) is 4.79 Å². The predicted molar refractivity (Wildman–Crippen MR) is 80.3 cm³/mol. The van der Waals surface area contributed by atoms with Crippen molar-refractivity contribution in [2.45, 2.75) is 19.3 Å². The maximum absolute atomic E-state index is 13.2. The molecule has 1 aromatic rings. The zero-order chi connectivity index (χ0) is 17.7. The number of aliphatic hydroxyl groups excluding tert-OH is 1. The van der Waals surface area contributed by atoms with Gasteiger partial charge in [0, 0.05) is 25.5 Å². The summed E-state index contributed by atoms with van der Waals surface area (Å²) in [6.45, 7) is 0.233. The Morgan fingerprint density at radius 1 is 1.24 bits per heavy atom. The van der Waals surface area contributed by atoms with E-state index in [-0.39, 0.29) is 51.4 Å². The fourth-order valence-electron chi connectivity index (χ4n) is 2.69. The quantitative estimate of drug-likeness (QED) is 0.587. The monoisotopic (exact) mass is 377 g/mol. The van der Waals surface area contributed by atoms with Crippen molar-refractivity contribution in [3.63, 3.8) is 0 Å². The van der Waals surface area contributed by atoms with Gasteiger partial charge in [0.25, 0.3) is 0 Å².